The van der Waals surface area contributed by atoms with Crippen LogP contribution in [0.25, 0.3) is 0 Å². The van der Waals surface area contributed by atoms with Crippen LogP contribution in [0.3, 0.4) is 0 Å². The highest BCUT2D eigenvalue weighted by Crippen LogP contribution is 2.22. The minimum Gasteiger partial charge on any atom is -0.495 e. The number of carbonyl (C=O) groups excluding carboxylic acids is 1. The van der Waals surface area contributed by atoms with Crippen LogP contribution in [-0.2, 0) is 18.4 Å². The molecule has 1 heterocycles. The second-order valence-electron chi connectivity index (χ2n) is 4.06. The van der Waals surface area contributed by atoms with Crippen molar-refractivity contribution >= 4 is 11.7 Å². The number of esters is 1. The third-order valence-electron chi connectivity index (χ3n) is 2.59. The molecule has 0 radical (unpaired) electrons. The number of nitrogen functional groups attached to an aromatic ring is 1. The smallest absolute Gasteiger partial charge is 0.338 e. The molecule has 100 valence electrons. The SMILES string of the molecule is COc1ccc(C(=O)OCc2cnn(C)c2)cc1N. The fraction of sp³-hybridized carbons (Fsp3) is 0.231. The number of carbonyl (C=O) groups is 1. The number of methoxy groups -OCH3 is 1. The number of benzene rings is 1. The average molecular weight is 261 g/mol. The Hall–Kier alpha value is -2.50. The van der Waals surface area contributed by atoms with Gasteiger partial charge in [0, 0.05) is 18.8 Å². The van der Waals surface area contributed by atoms with Gasteiger partial charge in [0.2, 0.25) is 0 Å². The lowest BCUT2D eigenvalue weighted by Crippen LogP contribution is -2.06. The van der Waals surface area contributed by atoms with Crippen molar-refractivity contribution in [2.75, 3.05) is 12.8 Å². The lowest BCUT2D eigenvalue weighted by atomic mass is 10.2. The van der Waals surface area contributed by atoms with Crippen molar-refractivity contribution in [3.05, 3.63) is 41.7 Å². The van der Waals surface area contributed by atoms with Crippen molar-refractivity contribution in [3.8, 4) is 5.75 Å². The molecule has 19 heavy (non-hydrogen) atoms. The van der Waals surface area contributed by atoms with Gasteiger partial charge < -0.3 is 15.2 Å². The van der Waals surface area contributed by atoms with Gasteiger partial charge in [-0.15, -0.1) is 0 Å². The average Bonchev–Trinajstić information content (AvgIpc) is 2.81. The van der Waals surface area contributed by atoms with Crippen molar-refractivity contribution < 1.29 is 14.3 Å². The number of aryl methyl sites for hydroxylation is 1. The first-order valence-electron chi connectivity index (χ1n) is 5.68. The van der Waals surface area contributed by atoms with E-state index in [1.54, 1.807) is 36.3 Å². The third-order valence-corrected chi connectivity index (χ3v) is 2.59. The van der Waals surface area contributed by atoms with Crippen molar-refractivity contribution in [1.82, 2.24) is 9.78 Å². The zero-order valence-corrected chi connectivity index (χ0v) is 10.8. The standard InChI is InChI=1S/C13H15N3O3/c1-16-7-9(6-15-16)8-19-13(17)10-3-4-12(18-2)11(14)5-10/h3-7H,8,14H2,1-2H3. The Labute approximate surface area is 110 Å². The van der Waals surface area contributed by atoms with Crippen LogP contribution < -0.4 is 10.5 Å². The zero-order valence-electron chi connectivity index (χ0n) is 10.8. The fourth-order valence-electron chi connectivity index (χ4n) is 1.64. The van der Waals surface area contributed by atoms with Gasteiger partial charge >= 0.3 is 5.97 Å². The first kappa shape index (κ1) is 12.9. The molecular weight excluding hydrogens is 246 g/mol. The Morgan fingerprint density at radius 2 is 2.26 bits per heavy atom. The quantitative estimate of drug-likeness (QED) is 0.664. The van der Waals surface area contributed by atoms with Crippen LogP contribution in [0.4, 0.5) is 5.69 Å². The number of anilines is 1. The molecule has 2 rings (SSSR count). The van der Waals surface area contributed by atoms with E-state index in [9.17, 15) is 4.79 Å². The van der Waals surface area contributed by atoms with Gasteiger partial charge in [-0.05, 0) is 18.2 Å². The van der Waals surface area contributed by atoms with Gasteiger partial charge in [0.05, 0.1) is 24.6 Å². The van der Waals surface area contributed by atoms with Crippen LogP contribution in [0.1, 0.15) is 15.9 Å². The predicted molar refractivity (Wildman–Crippen MR) is 69.7 cm³/mol. The topological polar surface area (TPSA) is 79.4 Å². The summed E-state index contributed by atoms with van der Waals surface area (Å²) in [4.78, 5) is 11.8. The normalized spacial score (nSPS) is 10.2. The molecule has 0 saturated heterocycles. The Bertz CT molecular complexity index is 593. The van der Waals surface area contributed by atoms with Crippen LogP contribution >= 0.6 is 0 Å². The molecule has 0 amide bonds. The maximum Gasteiger partial charge on any atom is 0.338 e. The van der Waals surface area contributed by atoms with Gasteiger partial charge in [0.15, 0.2) is 0 Å². The Kier molecular flexibility index (Phi) is 3.70. The van der Waals surface area contributed by atoms with Gasteiger partial charge in [0.25, 0.3) is 0 Å². The second kappa shape index (κ2) is 5.43. The number of hydrogen-bond donors (Lipinski definition) is 1. The summed E-state index contributed by atoms with van der Waals surface area (Å²) in [5.74, 6) is 0.0991. The van der Waals surface area contributed by atoms with Crippen LogP contribution in [0.15, 0.2) is 30.6 Å². The van der Waals surface area contributed by atoms with E-state index in [0.29, 0.717) is 17.0 Å². The maximum absolute atomic E-state index is 11.8. The molecule has 0 bridgehead atoms. The molecule has 1 aromatic carbocycles. The summed E-state index contributed by atoms with van der Waals surface area (Å²) in [6.07, 6.45) is 3.44. The second-order valence-corrected chi connectivity index (χ2v) is 4.06. The van der Waals surface area contributed by atoms with Crippen molar-refractivity contribution in [3.63, 3.8) is 0 Å². The van der Waals surface area contributed by atoms with Gasteiger partial charge in [-0.1, -0.05) is 0 Å². The number of ether oxygens (including phenoxy) is 2. The Balaban J connectivity index is 2.01. The van der Waals surface area contributed by atoms with Gasteiger partial charge in [-0.25, -0.2) is 4.79 Å². The number of nitrogens with zero attached hydrogens (tertiary/aromatic N) is 2. The molecule has 0 spiro atoms. The summed E-state index contributed by atoms with van der Waals surface area (Å²) >= 11 is 0. The zero-order chi connectivity index (χ0) is 13.8. The maximum atomic E-state index is 11.8. The molecular formula is C13H15N3O3. The molecule has 0 aliphatic rings. The lowest BCUT2D eigenvalue weighted by molar-refractivity contribution is 0.0472. The molecule has 0 aliphatic heterocycles. The van der Waals surface area contributed by atoms with E-state index in [1.807, 2.05) is 0 Å². The molecule has 0 atom stereocenters. The Morgan fingerprint density at radius 1 is 1.47 bits per heavy atom. The van der Waals surface area contributed by atoms with Gasteiger partial charge in [-0.2, -0.15) is 5.10 Å². The summed E-state index contributed by atoms with van der Waals surface area (Å²) in [5.41, 5.74) is 7.36. The molecule has 2 N–H and O–H groups in total. The minimum absolute atomic E-state index is 0.179. The largest absolute Gasteiger partial charge is 0.495 e. The van der Waals surface area contributed by atoms with Crippen molar-refractivity contribution in [2.24, 2.45) is 7.05 Å². The van der Waals surface area contributed by atoms with E-state index in [2.05, 4.69) is 5.10 Å². The summed E-state index contributed by atoms with van der Waals surface area (Å²) in [5, 5.41) is 3.99. The summed E-state index contributed by atoms with van der Waals surface area (Å²) in [7, 11) is 3.32. The third kappa shape index (κ3) is 3.04. The molecule has 6 nitrogen and oxygen atoms in total. The van der Waals surface area contributed by atoms with Crippen LogP contribution in [0.5, 0.6) is 5.75 Å². The lowest BCUT2D eigenvalue weighted by Gasteiger charge is -2.07. The summed E-state index contributed by atoms with van der Waals surface area (Å²) in [6, 6.07) is 4.78. The molecule has 0 fully saturated rings. The molecule has 0 unspecified atom stereocenters. The van der Waals surface area contributed by atoms with E-state index in [0.717, 1.165) is 5.56 Å². The highest BCUT2D eigenvalue weighted by molar-refractivity contribution is 5.91. The number of rotatable bonds is 4. The fourth-order valence-corrected chi connectivity index (χ4v) is 1.64. The van der Waals surface area contributed by atoms with E-state index in [4.69, 9.17) is 15.2 Å². The van der Waals surface area contributed by atoms with Crippen LogP contribution in [0.2, 0.25) is 0 Å². The van der Waals surface area contributed by atoms with E-state index >= 15 is 0 Å². The van der Waals surface area contributed by atoms with E-state index in [-0.39, 0.29) is 6.61 Å². The summed E-state index contributed by atoms with van der Waals surface area (Å²) < 4.78 is 11.8. The van der Waals surface area contributed by atoms with Crippen LogP contribution in [-0.4, -0.2) is 22.9 Å². The first-order valence-corrected chi connectivity index (χ1v) is 5.68. The highest BCUT2D eigenvalue weighted by Gasteiger charge is 2.10. The number of hydrogen-bond acceptors (Lipinski definition) is 5. The molecule has 1 aromatic heterocycles. The van der Waals surface area contributed by atoms with Gasteiger partial charge in [0.1, 0.15) is 12.4 Å². The highest BCUT2D eigenvalue weighted by atomic mass is 16.5. The minimum atomic E-state index is -0.432. The first-order chi connectivity index (χ1) is 9.10. The number of aromatic nitrogens is 2. The monoisotopic (exact) mass is 261 g/mol. The predicted octanol–water partition coefficient (Wildman–Crippen LogP) is 1.37. The number of nitrogens with two attached hydrogens (primary N) is 1. The molecule has 0 aliphatic carbocycles. The molecule has 2 aromatic rings. The Morgan fingerprint density at radius 3 is 2.84 bits per heavy atom. The van der Waals surface area contributed by atoms with E-state index in [1.165, 1.54) is 13.2 Å². The van der Waals surface area contributed by atoms with Crippen LogP contribution in [0, 0.1) is 0 Å². The molecule has 6 heteroatoms. The summed E-state index contributed by atoms with van der Waals surface area (Å²) in [6.45, 7) is 0.179. The van der Waals surface area contributed by atoms with E-state index < -0.39 is 5.97 Å². The van der Waals surface area contributed by atoms with Gasteiger partial charge in [-0.3, -0.25) is 4.68 Å². The molecule has 0 saturated carbocycles. The van der Waals surface area contributed by atoms with Crippen molar-refractivity contribution in [2.45, 2.75) is 6.61 Å². The van der Waals surface area contributed by atoms with Crippen molar-refractivity contribution in [1.29, 1.82) is 0 Å².